The van der Waals surface area contributed by atoms with Crippen LogP contribution in [-0.4, -0.2) is 25.2 Å². The van der Waals surface area contributed by atoms with Crippen LogP contribution in [0.1, 0.15) is 19.4 Å². The number of ether oxygens (including phenoxy) is 2. The fourth-order valence-corrected chi connectivity index (χ4v) is 1.51. The van der Waals surface area contributed by atoms with Crippen molar-refractivity contribution in [3.05, 3.63) is 29.8 Å². The van der Waals surface area contributed by atoms with Gasteiger partial charge in [0.1, 0.15) is 11.8 Å². The Bertz CT molecular complexity index is 382. The zero-order valence-electron chi connectivity index (χ0n) is 10.9. The first-order valence-electron chi connectivity index (χ1n) is 5.62. The summed E-state index contributed by atoms with van der Waals surface area (Å²) in [4.78, 5) is 11.3. The maximum absolute atomic E-state index is 11.3. The lowest BCUT2D eigenvalue weighted by Crippen LogP contribution is -2.33. The maximum Gasteiger partial charge on any atom is 0.322 e. The number of rotatable bonds is 5. The standard InChI is InChI=1S/C13H19NO3.ClH/c1-9(2)17-12-7-5-4-6-10(12)8-11(14)13(15)16-3;/h4-7,9,11H,8,14H2,1-3H3;1H. The Kier molecular flexibility index (Phi) is 7.39. The highest BCUT2D eigenvalue weighted by Crippen LogP contribution is 2.20. The molecule has 1 atom stereocenters. The van der Waals surface area contributed by atoms with Gasteiger partial charge >= 0.3 is 5.97 Å². The van der Waals surface area contributed by atoms with E-state index in [0.29, 0.717) is 6.42 Å². The largest absolute Gasteiger partial charge is 0.491 e. The number of carbonyl (C=O) groups is 1. The van der Waals surface area contributed by atoms with Crippen LogP contribution in [0.4, 0.5) is 0 Å². The van der Waals surface area contributed by atoms with Crippen molar-refractivity contribution in [2.24, 2.45) is 5.73 Å². The number of benzene rings is 1. The molecular weight excluding hydrogens is 254 g/mol. The third-order valence-corrected chi connectivity index (χ3v) is 2.28. The average molecular weight is 274 g/mol. The van der Waals surface area contributed by atoms with Crippen molar-refractivity contribution < 1.29 is 14.3 Å². The third-order valence-electron chi connectivity index (χ3n) is 2.28. The Balaban J connectivity index is 0.00000289. The zero-order valence-corrected chi connectivity index (χ0v) is 11.7. The van der Waals surface area contributed by atoms with Gasteiger partial charge in [0.15, 0.2) is 0 Å². The van der Waals surface area contributed by atoms with Gasteiger partial charge in [-0.15, -0.1) is 12.4 Å². The molecule has 102 valence electrons. The second-order valence-corrected chi connectivity index (χ2v) is 4.11. The first kappa shape index (κ1) is 16.7. The van der Waals surface area contributed by atoms with Gasteiger partial charge in [-0.1, -0.05) is 18.2 Å². The number of hydrogen-bond acceptors (Lipinski definition) is 4. The van der Waals surface area contributed by atoms with E-state index in [-0.39, 0.29) is 18.5 Å². The van der Waals surface area contributed by atoms with E-state index in [0.717, 1.165) is 11.3 Å². The highest BCUT2D eigenvalue weighted by Gasteiger charge is 2.16. The predicted octanol–water partition coefficient (Wildman–Crippen LogP) is 1.94. The lowest BCUT2D eigenvalue weighted by atomic mass is 10.1. The number of methoxy groups -OCH3 is 1. The van der Waals surface area contributed by atoms with Crippen LogP contribution in [0.15, 0.2) is 24.3 Å². The van der Waals surface area contributed by atoms with Gasteiger partial charge in [0.2, 0.25) is 0 Å². The number of hydrogen-bond donors (Lipinski definition) is 1. The third kappa shape index (κ3) is 4.94. The SMILES string of the molecule is COC(=O)C(N)Cc1ccccc1OC(C)C.Cl. The average Bonchev–Trinajstić information content (AvgIpc) is 2.29. The Morgan fingerprint density at radius 2 is 1.94 bits per heavy atom. The van der Waals surface area contributed by atoms with E-state index in [9.17, 15) is 4.79 Å². The molecular formula is C13H20ClNO3. The molecule has 0 spiro atoms. The molecule has 0 aliphatic heterocycles. The van der Waals surface area contributed by atoms with Gasteiger partial charge in [-0.3, -0.25) is 4.79 Å². The first-order valence-corrected chi connectivity index (χ1v) is 5.62. The van der Waals surface area contributed by atoms with Crippen LogP contribution in [0.5, 0.6) is 5.75 Å². The molecule has 2 N–H and O–H groups in total. The van der Waals surface area contributed by atoms with E-state index in [1.165, 1.54) is 7.11 Å². The lowest BCUT2D eigenvalue weighted by molar-refractivity contribution is -0.142. The summed E-state index contributed by atoms with van der Waals surface area (Å²) >= 11 is 0. The molecule has 0 fully saturated rings. The minimum Gasteiger partial charge on any atom is -0.491 e. The van der Waals surface area contributed by atoms with Crippen LogP contribution in [0.25, 0.3) is 0 Å². The number of nitrogens with two attached hydrogens (primary N) is 1. The Hall–Kier alpha value is -1.26. The molecule has 0 aliphatic rings. The summed E-state index contributed by atoms with van der Waals surface area (Å²) in [6, 6.07) is 6.91. The summed E-state index contributed by atoms with van der Waals surface area (Å²) in [5.74, 6) is 0.353. The molecule has 0 saturated heterocycles. The zero-order chi connectivity index (χ0) is 12.8. The Morgan fingerprint density at radius 1 is 1.33 bits per heavy atom. The van der Waals surface area contributed by atoms with Gasteiger partial charge in [0.05, 0.1) is 13.2 Å². The van der Waals surface area contributed by atoms with Crippen molar-refractivity contribution in [3.63, 3.8) is 0 Å². The summed E-state index contributed by atoms with van der Waals surface area (Å²) in [5.41, 5.74) is 6.65. The first-order chi connectivity index (χ1) is 8.04. The molecule has 1 unspecified atom stereocenters. The molecule has 5 heteroatoms. The van der Waals surface area contributed by atoms with Crippen LogP contribution >= 0.6 is 12.4 Å². The van der Waals surface area contributed by atoms with E-state index < -0.39 is 12.0 Å². The monoisotopic (exact) mass is 273 g/mol. The fraction of sp³-hybridized carbons (Fsp3) is 0.462. The molecule has 0 amide bonds. The molecule has 0 bridgehead atoms. The molecule has 0 heterocycles. The second kappa shape index (κ2) is 7.95. The molecule has 1 rings (SSSR count). The summed E-state index contributed by atoms with van der Waals surface area (Å²) in [5, 5.41) is 0. The van der Waals surface area contributed by atoms with Gasteiger partial charge in [-0.2, -0.15) is 0 Å². The topological polar surface area (TPSA) is 61.5 Å². The number of carbonyl (C=O) groups excluding carboxylic acids is 1. The van der Waals surface area contributed by atoms with Crippen LogP contribution in [0.2, 0.25) is 0 Å². The van der Waals surface area contributed by atoms with E-state index in [1.54, 1.807) is 0 Å². The van der Waals surface area contributed by atoms with Crippen molar-refractivity contribution in [2.45, 2.75) is 32.4 Å². The summed E-state index contributed by atoms with van der Waals surface area (Å²) < 4.78 is 10.3. The molecule has 1 aromatic carbocycles. The minimum absolute atomic E-state index is 0. The van der Waals surface area contributed by atoms with E-state index in [1.807, 2.05) is 38.1 Å². The molecule has 0 aliphatic carbocycles. The number of halogens is 1. The fourth-order valence-electron chi connectivity index (χ4n) is 1.51. The lowest BCUT2D eigenvalue weighted by Gasteiger charge is -2.16. The molecule has 18 heavy (non-hydrogen) atoms. The molecule has 0 saturated carbocycles. The van der Waals surface area contributed by atoms with Gasteiger partial charge in [-0.05, 0) is 25.5 Å². The van der Waals surface area contributed by atoms with Crippen molar-refractivity contribution >= 4 is 18.4 Å². The number of esters is 1. The molecule has 0 radical (unpaired) electrons. The van der Waals surface area contributed by atoms with Crippen molar-refractivity contribution in [1.82, 2.24) is 0 Å². The van der Waals surface area contributed by atoms with Crippen molar-refractivity contribution in [3.8, 4) is 5.75 Å². The van der Waals surface area contributed by atoms with Crippen molar-refractivity contribution in [1.29, 1.82) is 0 Å². The highest BCUT2D eigenvalue weighted by atomic mass is 35.5. The van der Waals surface area contributed by atoms with E-state index in [2.05, 4.69) is 4.74 Å². The van der Waals surface area contributed by atoms with Gasteiger partial charge in [0.25, 0.3) is 0 Å². The smallest absolute Gasteiger partial charge is 0.322 e. The summed E-state index contributed by atoms with van der Waals surface area (Å²) in [7, 11) is 1.33. The highest BCUT2D eigenvalue weighted by molar-refractivity contribution is 5.85. The van der Waals surface area contributed by atoms with Crippen molar-refractivity contribution in [2.75, 3.05) is 7.11 Å². The maximum atomic E-state index is 11.3. The van der Waals surface area contributed by atoms with Gasteiger partial charge < -0.3 is 15.2 Å². The Morgan fingerprint density at radius 3 is 2.50 bits per heavy atom. The Labute approximate surface area is 114 Å². The molecule has 4 nitrogen and oxygen atoms in total. The summed E-state index contributed by atoms with van der Waals surface area (Å²) in [6.45, 7) is 3.91. The second-order valence-electron chi connectivity index (χ2n) is 4.11. The van der Waals surface area contributed by atoms with Gasteiger partial charge in [0, 0.05) is 6.42 Å². The normalized spacial score (nSPS) is 11.6. The van der Waals surface area contributed by atoms with Crippen LogP contribution in [0, 0.1) is 0 Å². The minimum atomic E-state index is -0.656. The predicted molar refractivity (Wildman–Crippen MR) is 73.1 cm³/mol. The van der Waals surface area contributed by atoms with E-state index in [4.69, 9.17) is 10.5 Å². The van der Waals surface area contributed by atoms with E-state index >= 15 is 0 Å². The number of para-hydroxylation sites is 1. The van der Waals surface area contributed by atoms with Gasteiger partial charge in [-0.25, -0.2) is 0 Å². The quantitative estimate of drug-likeness (QED) is 0.833. The van der Waals surface area contributed by atoms with Crippen LogP contribution in [0.3, 0.4) is 0 Å². The molecule has 1 aromatic rings. The van der Waals surface area contributed by atoms with Crippen LogP contribution < -0.4 is 10.5 Å². The summed E-state index contributed by atoms with van der Waals surface area (Å²) in [6.07, 6.45) is 0.501. The molecule has 0 aromatic heterocycles. The van der Waals surface area contributed by atoms with Crippen LogP contribution in [-0.2, 0) is 16.0 Å².